The summed E-state index contributed by atoms with van der Waals surface area (Å²) < 4.78 is 5.49. The predicted molar refractivity (Wildman–Crippen MR) is 84.7 cm³/mol. The number of nitrogens with one attached hydrogen (secondary N) is 1. The van der Waals surface area contributed by atoms with Crippen LogP contribution in [0.4, 0.5) is 0 Å². The van der Waals surface area contributed by atoms with Gasteiger partial charge in [0.1, 0.15) is 5.75 Å². The van der Waals surface area contributed by atoms with Crippen molar-refractivity contribution in [3.63, 3.8) is 0 Å². The van der Waals surface area contributed by atoms with E-state index in [0.717, 1.165) is 0 Å². The number of benzene rings is 1. The zero-order valence-corrected chi connectivity index (χ0v) is 13.6. The van der Waals surface area contributed by atoms with Crippen LogP contribution >= 0.6 is 11.6 Å². The fourth-order valence-electron chi connectivity index (χ4n) is 1.94. The summed E-state index contributed by atoms with van der Waals surface area (Å²) in [5, 5.41) is 12.6. The highest BCUT2D eigenvalue weighted by Gasteiger charge is 2.25. The van der Waals surface area contributed by atoms with E-state index in [9.17, 15) is 4.79 Å². The van der Waals surface area contributed by atoms with Gasteiger partial charge in [0.05, 0.1) is 13.0 Å². The first-order valence-corrected chi connectivity index (χ1v) is 7.49. The zero-order valence-electron chi connectivity index (χ0n) is 12.9. The maximum atomic E-state index is 11.9. The van der Waals surface area contributed by atoms with Gasteiger partial charge in [0.15, 0.2) is 0 Å². The quantitative estimate of drug-likeness (QED) is 0.813. The van der Waals surface area contributed by atoms with Gasteiger partial charge in [-0.05, 0) is 30.0 Å². The molecular weight excluding hydrogens is 290 g/mol. The number of halogens is 1. The molecule has 4 nitrogen and oxygen atoms in total. The van der Waals surface area contributed by atoms with Gasteiger partial charge in [0.2, 0.25) is 5.91 Å². The molecule has 1 amide bonds. The van der Waals surface area contributed by atoms with Gasteiger partial charge < -0.3 is 15.2 Å². The lowest BCUT2D eigenvalue weighted by atomic mass is 9.85. The van der Waals surface area contributed by atoms with Crippen LogP contribution in [0.25, 0.3) is 0 Å². The van der Waals surface area contributed by atoms with Gasteiger partial charge in [-0.2, -0.15) is 0 Å². The van der Waals surface area contributed by atoms with Crippen molar-refractivity contribution in [2.24, 2.45) is 5.41 Å². The van der Waals surface area contributed by atoms with Crippen molar-refractivity contribution in [3.05, 3.63) is 29.3 Å². The van der Waals surface area contributed by atoms with Crippen molar-refractivity contribution in [1.82, 2.24) is 5.32 Å². The topological polar surface area (TPSA) is 58.6 Å². The lowest BCUT2D eigenvalue weighted by Gasteiger charge is -2.31. The van der Waals surface area contributed by atoms with E-state index in [1.54, 1.807) is 24.3 Å². The number of amides is 1. The normalized spacial score (nSPS) is 12.8. The third kappa shape index (κ3) is 6.82. The highest BCUT2D eigenvalue weighted by molar-refractivity contribution is 6.30. The lowest BCUT2D eigenvalue weighted by Crippen LogP contribution is -2.44. The van der Waals surface area contributed by atoms with Crippen molar-refractivity contribution in [1.29, 1.82) is 0 Å². The van der Waals surface area contributed by atoms with Crippen molar-refractivity contribution in [2.45, 2.75) is 39.7 Å². The van der Waals surface area contributed by atoms with Gasteiger partial charge in [-0.1, -0.05) is 38.4 Å². The number of hydrogen-bond donors (Lipinski definition) is 2. The third-order valence-electron chi connectivity index (χ3n) is 3.19. The molecule has 118 valence electrons. The number of ether oxygens (including phenoxy) is 1. The molecule has 0 aliphatic rings. The summed E-state index contributed by atoms with van der Waals surface area (Å²) in [6.45, 7) is 6.46. The van der Waals surface area contributed by atoms with Crippen LogP contribution in [0, 0.1) is 5.41 Å². The van der Waals surface area contributed by atoms with Gasteiger partial charge >= 0.3 is 0 Å². The minimum atomic E-state index is -0.0911. The van der Waals surface area contributed by atoms with E-state index >= 15 is 0 Å². The van der Waals surface area contributed by atoms with E-state index in [4.69, 9.17) is 21.4 Å². The van der Waals surface area contributed by atoms with Crippen LogP contribution in [0.5, 0.6) is 5.75 Å². The fraction of sp³-hybridized carbons (Fsp3) is 0.562. The molecule has 0 heterocycles. The summed E-state index contributed by atoms with van der Waals surface area (Å²) in [6, 6.07) is 7.02. The number of aliphatic hydroxyl groups is 1. The fourth-order valence-corrected chi connectivity index (χ4v) is 2.12. The Morgan fingerprint density at radius 2 is 2.14 bits per heavy atom. The minimum absolute atomic E-state index is 0.0545. The van der Waals surface area contributed by atoms with Crippen LogP contribution in [0.2, 0.25) is 5.02 Å². The van der Waals surface area contributed by atoms with E-state index in [1.165, 1.54) is 0 Å². The summed E-state index contributed by atoms with van der Waals surface area (Å²) in [5.74, 6) is 0.573. The molecule has 0 spiro atoms. The van der Waals surface area contributed by atoms with Crippen LogP contribution in [0.1, 0.15) is 33.6 Å². The summed E-state index contributed by atoms with van der Waals surface area (Å²) in [4.78, 5) is 11.9. The second kappa shape index (κ2) is 8.25. The Balaban J connectivity index is 2.39. The molecule has 0 saturated heterocycles. The van der Waals surface area contributed by atoms with Crippen molar-refractivity contribution in [2.75, 3.05) is 13.2 Å². The van der Waals surface area contributed by atoms with Crippen molar-refractivity contribution >= 4 is 17.5 Å². The molecule has 21 heavy (non-hydrogen) atoms. The largest absolute Gasteiger partial charge is 0.493 e. The van der Waals surface area contributed by atoms with E-state index < -0.39 is 0 Å². The highest BCUT2D eigenvalue weighted by Crippen LogP contribution is 2.21. The van der Waals surface area contributed by atoms with E-state index in [1.807, 2.05) is 20.8 Å². The second-order valence-electron chi connectivity index (χ2n) is 6.05. The maximum Gasteiger partial charge on any atom is 0.223 e. The molecule has 1 unspecified atom stereocenters. The molecule has 0 aliphatic carbocycles. The number of carbonyl (C=O) groups is 1. The predicted octanol–water partition coefficient (Wildman–Crippen LogP) is 3.02. The van der Waals surface area contributed by atoms with E-state index in [-0.39, 0.29) is 30.4 Å². The van der Waals surface area contributed by atoms with Crippen LogP contribution in [-0.4, -0.2) is 30.3 Å². The molecule has 2 N–H and O–H groups in total. The SMILES string of the molecule is CC(C)(C)C(CCO)NC(=O)CCOc1cccc(Cl)c1. The first kappa shape index (κ1) is 17.8. The summed E-state index contributed by atoms with van der Waals surface area (Å²) in [6.07, 6.45) is 0.814. The standard InChI is InChI=1S/C16H24ClNO3/c1-16(2,3)14(7-9-19)18-15(20)8-10-21-13-6-4-5-12(17)11-13/h4-6,11,14,19H,7-10H2,1-3H3,(H,18,20). The third-order valence-corrected chi connectivity index (χ3v) is 3.43. The summed E-state index contributed by atoms with van der Waals surface area (Å²) in [7, 11) is 0. The molecule has 0 saturated carbocycles. The maximum absolute atomic E-state index is 11.9. The molecule has 1 aromatic carbocycles. The molecule has 0 bridgehead atoms. The van der Waals surface area contributed by atoms with Gasteiger partial charge in [-0.25, -0.2) is 0 Å². The average molecular weight is 314 g/mol. The molecule has 5 heteroatoms. The molecule has 1 rings (SSSR count). The molecule has 1 atom stereocenters. The zero-order chi connectivity index (χ0) is 15.9. The first-order chi connectivity index (χ1) is 9.82. The Morgan fingerprint density at radius 3 is 2.71 bits per heavy atom. The number of hydrogen-bond acceptors (Lipinski definition) is 3. The Bertz CT molecular complexity index is 457. The summed E-state index contributed by atoms with van der Waals surface area (Å²) >= 11 is 5.86. The first-order valence-electron chi connectivity index (χ1n) is 7.11. The molecule has 0 aromatic heterocycles. The Morgan fingerprint density at radius 1 is 1.43 bits per heavy atom. The van der Waals surface area contributed by atoms with Crippen LogP contribution in [0.15, 0.2) is 24.3 Å². The Hall–Kier alpha value is -1.26. The van der Waals surface area contributed by atoms with Gasteiger partial charge in [0, 0.05) is 17.7 Å². The monoisotopic (exact) mass is 313 g/mol. The van der Waals surface area contributed by atoms with Crippen molar-refractivity contribution < 1.29 is 14.6 Å². The lowest BCUT2D eigenvalue weighted by molar-refractivity contribution is -0.123. The molecular formula is C16H24ClNO3. The second-order valence-corrected chi connectivity index (χ2v) is 6.49. The van der Waals surface area contributed by atoms with Crippen LogP contribution in [-0.2, 0) is 4.79 Å². The van der Waals surface area contributed by atoms with Crippen molar-refractivity contribution in [3.8, 4) is 5.75 Å². The molecule has 0 radical (unpaired) electrons. The Kier molecular flexibility index (Phi) is 6.99. The molecule has 1 aromatic rings. The van der Waals surface area contributed by atoms with E-state index in [0.29, 0.717) is 23.8 Å². The average Bonchev–Trinajstić information content (AvgIpc) is 2.37. The molecule has 0 aliphatic heterocycles. The smallest absolute Gasteiger partial charge is 0.223 e. The molecule has 0 fully saturated rings. The number of rotatable bonds is 7. The van der Waals surface area contributed by atoms with Crippen LogP contribution < -0.4 is 10.1 Å². The minimum Gasteiger partial charge on any atom is -0.493 e. The van der Waals surface area contributed by atoms with Crippen LogP contribution in [0.3, 0.4) is 0 Å². The Labute approximate surface area is 131 Å². The van der Waals surface area contributed by atoms with Gasteiger partial charge in [-0.15, -0.1) is 0 Å². The number of aliphatic hydroxyl groups excluding tert-OH is 1. The van der Waals surface area contributed by atoms with E-state index in [2.05, 4.69) is 5.32 Å². The number of carbonyl (C=O) groups excluding carboxylic acids is 1. The van der Waals surface area contributed by atoms with Gasteiger partial charge in [0.25, 0.3) is 0 Å². The highest BCUT2D eigenvalue weighted by atomic mass is 35.5. The summed E-state index contributed by atoms with van der Waals surface area (Å²) in [5.41, 5.74) is -0.0911. The van der Waals surface area contributed by atoms with Gasteiger partial charge in [-0.3, -0.25) is 4.79 Å².